The lowest BCUT2D eigenvalue weighted by atomic mass is 10.1. The third-order valence-electron chi connectivity index (χ3n) is 4.57. The Morgan fingerprint density at radius 2 is 1.89 bits per heavy atom. The molecule has 1 saturated heterocycles. The Kier molecular flexibility index (Phi) is 5.07. The van der Waals surface area contributed by atoms with Crippen LogP contribution in [0.4, 0.5) is 10.8 Å². The van der Waals surface area contributed by atoms with Crippen LogP contribution in [0.1, 0.15) is 22.5 Å². The molecule has 2 aromatic carbocycles. The minimum atomic E-state index is -0.148. The molecule has 0 aliphatic carbocycles. The number of thiazole rings is 1. The van der Waals surface area contributed by atoms with Gasteiger partial charge < -0.3 is 15.0 Å². The van der Waals surface area contributed by atoms with Gasteiger partial charge in [0.1, 0.15) is 10.6 Å². The Labute approximate surface area is 162 Å². The zero-order valence-electron chi connectivity index (χ0n) is 15.1. The third kappa shape index (κ3) is 3.80. The number of methoxy groups -OCH3 is 1. The summed E-state index contributed by atoms with van der Waals surface area (Å²) >= 11 is 1.46. The predicted octanol–water partition coefficient (Wildman–Crippen LogP) is 4.67. The number of aromatic nitrogens is 1. The SMILES string of the molecule is COc1cccc(NC(=O)c2sc(N3CCCC3)nc2-c2ccccc2)c1. The first-order valence-corrected chi connectivity index (χ1v) is 9.83. The van der Waals surface area contributed by atoms with Crippen LogP contribution in [-0.2, 0) is 0 Å². The molecule has 0 atom stereocenters. The minimum absolute atomic E-state index is 0.148. The van der Waals surface area contributed by atoms with Crippen molar-refractivity contribution in [3.63, 3.8) is 0 Å². The number of hydrogen-bond acceptors (Lipinski definition) is 5. The minimum Gasteiger partial charge on any atom is -0.497 e. The topological polar surface area (TPSA) is 54.5 Å². The maximum absolute atomic E-state index is 13.0. The fourth-order valence-corrected chi connectivity index (χ4v) is 4.22. The first kappa shape index (κ1) is 17.5. The van der Waals surface area contributed by atoms with Crippen molar-refractivity contribution in [3.05, 3.63) is 59.5 Å². The van der Waals surface area contributed by atoms with E-state index in [-0.39, 0.29) is 5.91 Å². The van der Waals surface area contributed by atoms with Gasteiger partial charge in [-0.1, -0.05) is 47.7 Å². The van der Waals surface area contributed by atoms with E-state index in [4.69, 9.17) is 9.72 Å². The second-order valence-corrected chi connectivity index (χ2v) is 7.40. The van der Waals surface area contributed by atoms with Crippen LogP contribution in [0.15, 0.2) is 54.6 Å². The monoisotopic (exact) mass is 379 g/mol. The van der Waals surface area contributed by atoms with E-state index >= 15 is 0 Å². The van der Waals surface area contributed by atoms with Gasteiger partial charge in [0.15, 0.2) is 5.13 Å². The molecule has 4 rings (SSSR count). The Morgan fingerprint density at radius 3 is 2.63 bits per heavy atom. The number of amides is 1. The highest BCUT2D eigenvalue weighted by atomic mass is 32.1. The summed E-state index contributed by atoms with van der Waals surface area (Å²) in [5.41, 5.74) is 2.40. The number of carbonyl (C=O) groups is 1. The van der Waals surface area contributed by atoms with E-state index in [1.54, 1.807) is 7.11 Å². The van der Waals surface area contributed by atoms with Gasteiger partial charge in [-0.05, 0) is 25.0 Å². The molecule has 1 aliphatic rings. The van der Waals surface area contributed by atoms with Crippen LogP contribution >= 0.6 is 11.3 Å². The highest BCUT2D eigenvalue weighted by molar-refractivity contribution is 7.18. The molecule has 0 unspecified atom stereocenters. The van der Waals surface area contributed by atoms with E-state index in [1.165, 1.54) is 24.2 Å². The van der Waals surface area contributed by atoms with E-state index in [1.807, 2.05) is 54.6 Å². The van der Waals surface area contributed by atoms with Gasteiger partial charge in [-0.3, -0.25) is 4.79 Å². The van der Waals surface area contributed by atoms with Crippen molar-refractivity contribution in [1.29, 1.82) is 0 Å². The van der Waals surface area contributed by atoms with Crippen LogP contribution in [0.5, 0.6) is 5.75 Å². The van der Waals surface area contributed by atoms with E-state index in [2.05, 4.69) is 10.2 Å². The molecule has 0 bridgehead atoms. The summed E-state index contributed by atoms with van der Waals surface area (Å²) in [4.78, 5) is 20.7. The molecule has 27 heavy (non-hydrogen) atoms. The molecule has 0 spiro atoms. The smallest absolute Gasteiger partial charge is 0.268 e. The zero-order chi connectivity index (χ0) is 18.6. The van der Waals surface area contributed by atoms with Crippen molar-refractivity contribution >= 4 is 28.1 Å². The fourth-order valence-electron chi connectivity index (χ4n) is 3.19. The van der Waals surface area contributed by atoms with Crippen LogP contribution in [-0.4, -0.2) is 31.1 Å². The van der Waals surface area contributed by atoms with Gasteiger partial charge in [0.25, 0.3) is 5.91 Å². The lowest BCUT2D eigenvalue weighted by Crippen LogP contribution is -2.17. The normalized spacial score (nSPS) is 13.6. The quantitative estimate of drug-likeness (QED) is 0.700. The second-order valence-electron chi connectivity index (χ2n) is 6.42. The van der Waals surface area contributed by atoms with E-state index < -0.39 is 0 Å². The third-order valence-corrected chi connectivity index (χ3v) is 5.69. The molecule has 0 saturated carbocycles. The van der Waals surface area contributed by atoms with Gasteiger partial charge in [-0.2, -0.15) is 0 Å². The molecule has 1 aromatic heterocycles. The largest absolute Gasteiger partial charge is 0.497 e. The lowest BCUT2D eigenvalue weighted by molar-refractivity contribution is 0.103. The Hall–Kier alpha value is -2.86. The molecule has 2 heterocycles. The highest BCUT2D eigenvalue weighted by Crippen LogP contribution is 2.35. The van der Waals surface area contributed by atoms with Crippen molar-refractivity contribution in [2.24, 2.45) is 0 Å². The van der Waals surface area contributed by atoms with E-state index in [0.29, 0.717) is 16.3 Å². The summed E-state index contributed by atoms with van der Waals surface area (Å²) < 4.78 is 5.24. The molecule has 5 nitrogen and oxygen atoms in total. The van der Waals surface area contributed by atoms with Gasteiger partial charge in [0.05, 0.1) is 12.8 Å². The lowest BCUT2D eigenvalue weighted by Gasteiger charge is -2.12. The summed E-state index contributed by atoms with van der Waals surface area (Å²) in [6.07, 6.45) is 2.34. The number of rotatable bonds is 5. The average Bonchev–Trinajstić information content (AvgIpc) is 3.38. The number of benzene rings is 2. The van der Waals surface area contributed by atoms with Gasteiger partial charge in [0, 0.05) is 30.4 Å². The highest BCUT2D eigenvalue weighted by Gasteiger charge is 2.24. The average molecular weight is 379 g/mol. The number of carbonyl (C=O) groups excluding carboxylic acids is 1. The molecular weight excluding hydrogens is 358 g/mol. The van der Waals surface area contributed by atoms with Crippen molar-refractivity contribution < 1.29 is 9.53 Å². The summed E-state index contributed by atoms with van der Waals surface area (Å²) in [7, 11) is 1.61. The van der Waals surface area contributed by atoms with Crippen LogP contribution in [0.3, 0.4) is 0 Å². The van der Waals surface area contributed by atoms with Crippen LogP contribution in [0, 0.1) is 0 Å². The van der Waals surface area contributed by atoms with E-state index in [0.717, 1.165) is 29.5 Å². The standard InChI is InChI=1S/C21H21N3O2S/c1-26-17-11-7-10-16(14-17)22-20(25)19-18(15-8-3-2-4-9-15)23-21(27-19)24-12-5-6-13-24/h2-4,7-11,14H,5-6,12-13H2,1H3,(H,22,25). The summed E-state index contributed by atoms with van der Waals surface area (Å²) in [5.74, 6) is 0.559. The zero-order valence-corrected chi connectivity index (χ0v) is 16.0. The molecule has 1 N–H and O–H groups in total. The van der Waals surface area contributed by atoms with Crippen molar-refractivity contribution in [1.82, 2.24) is 4.98 Å². The molecule has 0 radical (unpaired) electrons. The van der Waals surface area contributed by atoms with Crippen molar-refractivity contribution in [3.8, 4) is 17.0 Å². The second kappa shape index (κ2) is 7.80. The molecule has 1 amide bonds. The maximum Gasteiger partial charge on any atom is 0.268 e. The van der Waals surface area contributed by atoms with Crippen LogP contribution in [0.2, 0.25) is 0 Å². The molecule has 1 fully saturated rings. The molecule has 3 aromatic rings. The van der Waals surface area contributed by atoms with Crippen LogP contribution < -0.4 is 15.0 Å². The van der Waals surface area contributed by atoms with Crippen LogP contribution in [0.25, 0.3) is 11.3 Å². The molecule has 1 aliphatic heterocycles. The predicted molar refractivity (Wildman–Crippen MR) is 110 cm³/mol. The number of anilines is 2. The van der Waals surface area contributed by atoms with Gasteiger partial charge in [-0.25, -0.2) is 4.98 Å². The Morgan fingerprint density at radius 1 is 1.11 bits per heavy atom. The summed E-state index contributed by atoms with van der Waals surface area (Å²) in [5, 5.41) is 3.90. The molecular formula is C21H21N3O2S. The number of nitrogens with one attached hydrogen (secondary N) is 1. The maximum atomic E-state index is 13.0. The van der Waals surface area contributed by atoms with Crippen molar-refractivity contribution in [2.75, 3.05) is 30.4 Å². The van der Waals surface area contributed by atoms with Gasteiger partial charge in [-0.15, -0.1) is 0 Å². The molecule has 138 valence electrons. The first-order valence-electron chi connectivity index (χ1n) is 9.01. The Bertz CT molecular complexity index is 934. The summed E-state index contributed by atoms with van der Waals surface area (Å²) in [6.45, 7) is 2.00. The Balaban J connectivity index is 1.68. The van der Waals surface area contributed by atoms with Gasteiger partial charge in [0.2, 0.25) is 0 Å². The van der Waals surface area contributed by atoms with Crippen molar-refractivity contribution in [2.45, 2.75) is 12.8 Å². The number of nitrogens with zero attached hydrogens (tertiary/aromatic N) is 2. The molecule has 6 heteroatoms. The number of ether oxygens (including phenoxy) is 1. The summed E-state index contributed by atoms with van der Waals surface area (Å²) in [6, 6.07) is 17.2. The van der Waals surface area contributed by atoms with E-state index in [9.17, 15) is 4.79 Å². The number of hydrogen-bond donors (Lipinski definition) is 1. The van der Waals surface area contributed by atoms with Gasteiger partial charge >= 0.3 is 0 Å². The fraction of sp³-hybridized carbons (Fsp3) is 0.238. The first-order chi connectivity index (χ1) is 13.2.